The van der Waals surface area contributed by atoms with Crippen molar-refractivity contribution < 1.29 is 29.6 Å². The van der Waals surface area contributed by atoms with E-state index in [2.05, 4.69) is 5.32 Å². The molecule has 22 heavy (non-hydrogen) atoms. The third-order valence-electron chi connectivity index (χ3n) is 3.52. The number of carbonyl (C=O) groups is 1. The molecule has 1 fully saturated rings. The van der Waals surface area contributed by atoms with Gasteiger partial charge in [-0.2, -0.15) is 0 Å². The Labute approximate surface area is 128 Å². The van der Waals surface area contributed by atoms with Crippen LogP contribution in [0.5, 0.6) is 5.75 Å². The lowest BCUT2D eigenvalue weighted by molar-refractivity contribution is -0.244. The Balaban J connectivity index is 2.18. The van der Waals surface area contributed by atoms with Gasteiger partial charge in [-0.3, -0.25) is 4.79 Å². The Hall–Kier alpha value is -1.67. The van der Waals surface area contributed by atoms with Crippen molar-refractivity contribution in [3.8, 4) is 5.75 Å². The molecule has 122 valence electrons. The van der Waals surface area contributed by atoms with Gasteiger partial charge in [-0.15, -0.1) is 0 Å². The second-order valence-electron chi connectivity index (χ2n) is 5.36. The van der Waals surface area contributed by atoms with Crippen LogP contribution in [0.3, 0.4) is 0 Å². The predicted molar refractivity (Wildman–Crippen MR) is 77.2 cm³/mol. The molecule has 4 N–H and O–H groups in total. The maximum absolute atomic E-state index is 11.3. The van der Waals surface area contributed by atoms with Gasteiger partial charge in [0.15, 0.2) is 0 Å². The van der Waals surface area contributed by atoms with Crippen LogP contribution in [0.1, 0.15) is 12.5 Å². The topological polar surface area (TPSA) is 108 Å². The molecule has 7 heteroatoms. The summed E-state index contributed by atoms with van der Waals surface area (Å²) in [6.45, 7) is 2.75. The molecule has 1 aliphatic heterocycles. The van der Waals surface area contributed by atoms with Crippen molar-refractivity contribution in [3.63, 3.8) is 0 Å². The molecule has 1 aromatic rings. The van der Waals surface area contributed by atoms with Gasteiger partial charge in [0.1, 0.15) is 30.1 Å². The van der Waals surface area contributed by atoms with E-state index in [0.717, 1.165) is 5.56 Å². The lowest BCUT2D eigenvalue weighted by Crippen LogP contribution is -2.65. The number of aliphatic hydroxyl groups is 3. The number of hydrogen-bond acceptors (Lipinski definition) is 6. The maximum Gasteiger partial charge on any atom is 0.223 e. The molecule has 1 aliphatic rings. The molecule has 2 rings (SSSR count). The first-order valence-electron chi connectivity index (χ1n) is 7.05. The van der Waals surface area contributed by atoms with Gasteiger partial charge in [0.25, 0.3) is 0 Å². The first-order chi connectivity index (χ1) is 10.4. The standard InChI is InChI=1S/C15H21NO6/c1-8-3-5-10(6-4-8)21-15-12(16-9(2)18)14(20)13(19)11(7-17)22-15/h3-6,11-15,17,19-20H,7H2,1-2H3,(H,16,18)/t11-,12-,13+,14-,15+/m0/s1. The molecule has 0 aromatic heterocycles. The number of nitrogens with one attached hydrogen (secondary N) is 1. The first kappa shape index (κ1) is 16.7. The lowest BCUT2D eigenvalue weighted by atomic mass is 9.97. The Kier molecular flexibility index (Phi) is 5.36. The fourth-order valence-electron chi connectivity index (χ4n) is 2.32. The molecular formula is C15H21NO6. The van der Waals surface area contributed by atoms with Crippen LogP contribution in [0.2, 0.25) is 0 Å². The summed E-state index contributed by atoms with van der Waals surface area (Å²) in [5, 5.41) is 31.8. The fraction of sp³-hybridized carbons (Fsp3) is 0.533. The zero-order valence-electron chi connectivity index (χ0n) is 12.5. The van der Waals surface area contributed by atoms with Gasteiger partial charge in [0.2, 0.25) is 12.2 Å². The van der Waals surface area contributed by atoms with Crippen LogP contribution in [0.4, 0.5) is 0 Å². The summed E-state index contributed by atoms with van der Waals surface area (Å²) in [6, 6.07) is 6.21. The number of rotatable bonds is 4. The average molecular weight is 311 g/mol. The largest absolute Gasteiger partial charge is 0.463 e. The Bertz CT molecular complexity index is 505. The van der Waals surface area contributed by atoms with E-state index in [1.165, 1.54) is 6.92 Å². The van der Waals surface area contributed by atoms with Crippen LogP contribution in [0.15, 0.2) is 24.3 Å². The van der Waals surface area contributed by atoms with E-state index >= 15 is 0 Å². The highest BCUT2D eigenvalue weighted by atomic mass is 16.7. The third kappa shape index (κ3) is 3.75. The van der Waals surface area contributed by atoms with Gasteiger partial charge in [-0.1, -0.05) is 17.7 Å². The second-order valence-corrected chi connectivity index (χ2v) is 5.36. The van der Waals surface area contributed by atoms with Crippen molar-refractivity contribution in [2.24, 2.45) is 0 Å². The van der Waals surface area contributed by atoms with Crippen LogP contribution in [-0.2, 0) is 9.53 Å². The Morgan fingerprint density at radius 2 is 1.91 bits per heavy atom. The van der Waals surface area contributed by atoms with Gasteiger partial charge in [0, 0.05) is 6.92 Å². The van der Waals surface area contributed by atoms with Gasteiger partial charge in [-0.05, 0) is 19.1 Å². The van der Waals surface area contributed by atoms with Crippen molar-refractivity contribution in [2.45, 2.75) is 44.5 Å². The van der Waals surface area contributed by atoms with Crippen LogP contribution in [-0.4, -0.2) is 58.5 Å². The summed E-state index contributed by atoms with van der Waals surface area (Å²) in [5.74, 6) is 0.103. The average Bonchev–Trinajstić information content (AvgIpc) is 2.48. The molecule has 1 aromatic carbocycles. The van der Waals surface area contributed by atoms with Crippen LogP contribution >= 0.6 is 0 Å². The van der Waals surface area contributed by atoms with Crippen LogP contribution in [0, 0.1) is 6.92 Å². The smallest absolute Gasteiger partial charge is 0.223 e. The molecule has 5 atom stereocenters. The quantitative estimate of drug-likeness (QED) is 0.587. The highest BCUT2D eigenvalue weighted by Gasteiger charge is 2.46. The number of hydrogen-bond donors (Lipinski definition) is 4. The minimum Gasteiger partial charge on any atom is -0.463 e. The number of carbonyl (C=O) groups excluding carboxylic acids is 1. The van der Waals surface area contributed by atoms with Crippen molar-refractivity contribution in [3.05, 3.63) is 29.8 Å². The minimum atomic E-state index is -1.32. The molecule has 0 saturated carbocycles. The van der Waals surface area contributed by atoms with E-state index in [0.29, 0.717) is 5.75 Å². The maximum atomic E-state index is 11.3. The summed E-state index contributed by atoms with van der Waals surface area (Å²) < 4.78 is 11.1. The number of aliphatic hydroxyl groups excluding tert-OH is 3. The summed E-state index contributed by atoms with van der Waals surface area (Å²) in [5.41, 5.74) is 1.05. The summed E-state index contributed by atoms with van der Waals surface area (Å²) in [6.07, 6.45) is -4.65. The monoisotopic (exact) mass is 311 g/mol. The van der Waals surface area contributed by atoms with Crippen LogP contribution in [0.25, 0.3) is 0 Å². The van der Waals surface area contributed by atoms with Crippen molar-refractivity contribution in [2.75, 3.05) is 6.61 Å². The van der Waals surface area contributed by atoms with Crippen molar-refractivity contribution in [1.29, 1.82) is 0 Å². The van der Waals surface area contributed by atoms with Gasteiger partial charge in [-0.25, -0.2) is 0 Å². The van der Waals surface area contributed by atoms with Gasteiger partial charge < -0.3 is 30.1 Å². The second kappa shape index (κ2) is 7.06. The van der Waals surface area contributed by atoms with Crippen molar-refractivity contribution >= 4 is 5.91 Å². The number of amides is 1. The molecule has 0 radical (unpaired) electrons. The molecule has 0 aliphatic carbocycles. The van der Waals surface area contributed by atoms with Gasteiger partial charge in [0.05, 0.1) is 6.61 Å². The predicted octanol–water partition coefficient (Wildman–Crippen LogP) is -0.682. The zero-order valence-corrected chi connectivity index (χ0v) is 12.5. The number of ether oxygens (including phenoxy) is 2. The van der Waals surface area contributed by atoms with Crippen molar-refractivity contribution in [1.82, 2.24) is 5.32 Å². The van der Waals surface area contributed by atoms with Crippen LogP contribution < -0.4 is 10.1 Å². The highest BCUT2D eigenvalue weighted by Crippen LogP contribution is 2.24. The molecule has 1 amide bonds. The molecule has 0 unspecified atom stereocenters. The third-order valence-corrected chi connectivity index (χ3v) is 3.52. The number of aryl methyl sites for hydroxylation is 1. The van der Waals surface area contributed by atoms with E-state index in [9.17, 15) is 20.1 Å². The molecule has 0 bridgehead atoms. The number of benzene rings is 1. The lowest BCUT2D eigenvalue weighted by Gasteiger charge is -2.42. The summed E-state index contributed by atoms with van der Waals surface area (Å²) in [7, 11) is 0. The Morgan fingerprint density at radius 3 is 2.45 bits per heavy atom. The first-order valence-corrected chi connectivity index (χ1v) is 7.05. The molecular weight excluding hydrogens is 290 g/mol. The van der Waals surface area contributed by atoms with E-state index in [-0.39, 0.29) is 5.91 Å². The van der Waals surface area contributed by atoms with E-state index in [1.54, 1.807) is 12.1 Å². The summed E-state index contributed by atoms with van der Waals surface area (Å²) in [4.78, 5) is 11.3. The fourth-order valence-corrected chi connectivity index (χ4v) is 2.32. The van der Waals surface area contributed by atoms with Gasteiger partial charge >= 0.3 is 0 Å². The Morgan fingerprint density at radius 1 is 1.27 bits per heavy atom. The molecule has 7 nitrogen and oxygen atoms in total. The van der Waals surface area contributed by atoms with E-state index < -0.39 is 37.3 Å². The zero-order chi connectivity index (χ0) is 16.3. The summed E-state index contributed by atoms with van der Waals surface area (Å²) >= 11 is 0. The molecule has 0 spiro atoms. The molecule has 1 saturated heterocycles. The van der Waals surface area contributed by atoms with E-state index in [1.807, 2.05) is 19.1 Å². The highest BCUT2D eigenvalue weighted by molar-refractivity contribution is 5.73. The minimum absolute atomic E-state index is 0.389. The normalized spacial score (nSPS) is 31.6. The molecule has 1 heterocycles. The SMILES string of the molecule is CC(=O)N[C@@H]1[C@H](Oc2ccc(C)cc2)O[C@@H](CO)[C@@H](O)[C@H]1O. The van der Waals surface area contributed by atoms with E-state index in [4.69, 9.17) is 9.47 Å².